The van der Waals surface area contributed by atoms with E-state index in [0.717, 1.165) is 25.3 Å². The van der Waals surface area contributed by atoms with Gasteiger partial charge in [0.25, 0.3) is 0 Å². The standard InChI is InChI=1S/C22H27N3O5/c26-18(23-13-16(17-2-1-9-30-17)24-7-10-29-11-8-24)5-6-25-21(27)19-14-3-4-15(12-14)20(19)22(25)28/h1-4,9,14-16,19-20H,5-8,10-13H2,(H,23,26)/t14-,15-,16-,19-,20-/m0/s1. The van der Waals surface area contributed by atoms with Crippen molar-refractivity contribution in [3.8, 4) is 0 Å². The third-order valence-corrected chi connectivity index (χ3v) is 6.97. The van der Waals surface area contributed by atoms with Gasteiger partial charge in [-0.25, -0.2) is 0 Å². The van der Waals surface area contributed by atoms with Gasteiger partial charge in [0.15, 0.2) is 0 Å². The largest absolute Gasteiger partial charge is 0.468 e. The monoisotopic (exact) mass is 413 g/mol. The number of nitrogens with zero attached hydrogens (tertiary/aromatic N) is 2. The lowest BCUT2D eigenvalue weighted by atomic mass is 9.85. The molecule has 1 N–H and O–H groups in total. The molecule has 8 nitrogen and oxygen atoms in total. The Bertz CT molecular complexity index is 815. The lowest BCUT2D eigenvalue weighted by Gasteiger charge is -2.33. The number of furan rings is 1. The molecule has 1 aromatic rings. The zero-order chi connectivity index (χ0) is 20.7. The Kier molecular flexibility index (Phi) is 5.20. The first kappa shape index (κ1) is 19.5. The van der Waals surface area contributed by atoms with E-state index in [1.807, 2.05) is 12.1 Å². The molecule has 8 heteroatoms. The predicted octanol–water partition coefficient (Wildman–Crippen LogP) is 0.966. The van der Waals surface area contributed by atoms with Gasteiger partial charge in [0.2, 0.25) is 17.7 Å². The van der Waals surface area contributed by atoms with E-state index in [4.69, 9.17) is 9.15 Å². The maximum atomic E-state index is 12.7. The van der Waals surface area contributed by atoms with Gasteiger partial charge in [-0.1, -0.05) is 12.2 Å². The lowest BCUT2D eigenvalue weighted by molar-refractivity contribution is -0.141. The van der Waals surface area contributed by atoms with E-state index in [2.05, 4.69) is 22.4 Å². The number of carbonyl (C=O) groups is 3. The fourth-order valence-corrected chi connectivity index (χ4v) is 5.48. The topological polar surface area (TPSA) is 92.1 Å². The molecule has 1 aromatic heterocycles. The third kappa shape index (κ3) is 3.37. The zero-order valence-corrected chi connectivity index (χ0v) is 16.9. The lowest BCUT2D eigenvalue weighted by Crippen LogP contribution is -2.44. The van der Waals surface area contributed by atoms with Crippen molar-refractivity contribution in [2.24, 2.45) is 23.7 Å². The summed E-state index contributed by atoms with van der Waals surface area (Å²) >= 11 is 0. The van der Waals surface area contributed by atoms with E-state index >= 15 is 0 Å². The Balaban J connectivity index is 1.15. The summed E-state index contributed by atoms with van der Waals surface area (Å²) < 4.78 is 11.0. The number of hydrogen-bond donors (Lipinski definition) is 1. The molecular formula is C22H27N3O5. The number of rotatable bonds is 7. The highest BCUT2D eigenvalue weighted by molar-refractivity contribution is 6.06. The highest BCUT2D eigenvalue weighted by atomic mass is 16.5. The normalized spacial score (nSPS) is 31.4. The number of nitrogens with one attached hydrogen (secondary N) is 1. The highest BCUT2D eigenvalue weighted by Crippen LogP contribution is 2.52. The number of allylic oxidation sites excluding steroid dienone is 2. The molecule has 2 bridgehead atoms. The Hall–Kier alpha value is -2.45. The first-order valence-electron chi connectivity index (χ1n) is 10.8. The predicted molar refractivity (Wildman–Crippen MR) is 106 cm³/mol. The summed E-state index contributed by atoms with van der Waals surface area (Å²) in [5.41, 5.74) is 0. The molecule has 0 unspecified atom stereocenters. The molecule has 0 aromatic carbocycles. The quantitative estimate of drug-likeness (QED) is 0.529. The Labute approximate surface area is 175 Å². The van der Waals surface area contributed by atoms with Gasteiger partial charge in [-0.2, -0.15) is 0 Å². The minimum Gasteiger partial charge on any atom is -0.468 e. The van der Waals surface area contributed by atoms with E-state index in [-0.39, 0.29) is 60.4 Å². The van der Waals surface area contributed by atoms with Crippen LogP contribution in [0.25, 0.3) is 0 Å². The minimum atomic E-state index is -0.208. The van der Waals surface area contributed by atoms with Crippen molar-refractivity contribution in [3.63, 3.8) is 0 Å². The average molecular weight is 413 g/mol. The zero-order valence-electron chi connectivity index (χ0n) is 16.9. The van der Waals surface area contributed by atoms with Gasteiger partial charge in [-0.3, -0.25) is 24.2 Å². The average Bonchev–Trinajstić information content (AvgIpc) is 3.54. The van der Waals surface area contributed by atoms with E-state index in [9.17, 15) is 14.4 Å². The minimum absolute atomic E-state index is 0.0658. The van der Waals surface area contributed by atoms with Crippen molar-refractivity contribution in [3.05, 3.63) is 36.3 Å². The molecular weight excluding hydrogens is 386 g/mol. The molecule has 4 aliphatic rings. The number of likely N-dealkylation sites (tertiary alicyclic amines) is 1. The van der Waals surface area contributed by atoms with Gasteiger partial charge in [0.05, 0.1) is 37.4 Å². The van der Waals surface area contributed by atoms with Crippen molar-refractivity contribution < 1.29 is 23.5 Å². The number of amides is 3. The van der Waals surface area contributed by atoms with Crippen LogP contribution in [0.1, 0.15) is 24.6 Å². The van der Waals surface area contributed by atoms with Crippen LogP contribution in [0.15, 0.2) is 35.0 Å². The summed E-state index contributed by atoms with van der Waals surface area (Å²) in [4.78, 5) is 41.5. The Morgan fingerprint density at radius 2 is 1.83 bits per heavy atom. The van der Waals surface area contributed by atoms with Crippen molar-refractivity contribution in [2.75, 3.05) is 39.4 Å². The molecule has 3 fully saturated rings. The summed E-state index contributed by atoms with van der Waals surface area (Å²) in [7, 11) is 0. The van der Waals surface area contributed by atoms with Crippen LogP contribution in [0.3, 0.4) is 0 Å². The Morgan fingerprint density at radius 3 is 2.47 bits per heavy atom. The van der Waals surface area contributed by atoms with E-state index in [1.165, 1.54) is 4.90 Å². The Morgan fingerprint density at radius 1 is 1.13 bits per heavy atom. The fraction of sp³-hybridized carbons (Fsp3) is 0.591. The van der Waals surface area contributed by atoms with Gasteiger partial charge in [0, 0.05) is 32.6 Å². The number of imide groups is 1. The second kappa shape index (κ2) is 8.00. The molecule has 1 saturated carbocycles. The van der Waals surface area contributed by atoms with Gasteiger partial charge in [-0.05, 0) is 30.4 Å². The van der Waals surface area contributed by atoms with E-state index in [0.29, 0.717) is 19.8 Å². The van der Waals surface area contributed by atoms with Crippen molar-refractivity contribution >= 4 is 17.7 Å². The first-order chi connectivity index (χ1) is 14.6. The summed E-state index contributed by atoms with van der Waals surface area (Å²) in [6.45, 7) is 3.42. The summed E-state index contributed by atoms with van der Waals surface area (Å²) in [6, 6.07) is 3.69. The molecule has 2 saturated heterocycles. The van der Waals surface area contributed by atoms with Crippen LogP contribution in [-0.4, -0.2) is 66.9 Å². The molecule has 2 aliphatic heterocycles. The van der Waals surface area contributed by atoms with Crippen LogP contribution >= 0.6 is 0 Å². The first-order valence-corrected chi connectivity index (χ1v) is 10.8. The number of ether oxygens (including phenoxy) is 1. The van der Waals surface area contributed by atoms with Gasteiger partial charge in [0.1, 0.15) is 5.76 Å². The van der Waals surface area contributed by atoms with Crippen LogP contribution < -0.4 is 5.32 Å². The van der Waals surface area contributed by atoms with Crippen LogP contribution in [0.4, 0.5) is 0 Å². The van der Waals surface area contributed by atoms with E-state index < -0.39 is 0 Å². The van der Waals surface area contributed by atoms with Crippen LogP contribution in [0.2, 0.25) is 0 Å². The molecule has 30 heavy (non-hydrogen) atoms. The van der Waals surface area contributed by atoms with Crippen LogP contribution in [0.5, 0.6) is 0 Å². The summed E-state index contributed by atoms with van der Waals surface area (Å²) in [6.07, 6.45) is 6.82. The number of carbonyl (C=O) groups excluding carboxylic acids is 3. The number of morpholine rings is 1. The van der Waals surface area contributed by atoms with Gasteiger partial charge in [-0.15, -0.1) is 0 Å². The van der Waals surface area contributed by atoms with Crippen LogP contribution in [0, 0.1) is 23.7 Å². The second-order valence-electron chi connectivity index (χ2n) is 8.56. The molecule has 5 rings (SSSR count). The van der Waals surface area contributed by atoms with Gasteiger partial charge >= 0.3 is 0 Å². The molecule has 3 amide bonds. The number of fused-ring (bicyclic) bond motifs is 5. The van der Waals surface area contributed by atoms with Crippen molar-refractivity contribution in [1.82, 2.24) is 15.1 Å². The molecule has 5 atom stereocenters. The maximum Gasteiger partial charge on any atom is 0.233 e. The molecule has 160 valence electrons. The van der Waals surface area contributed by atoms with E-state index in [1.54, 1.807) is 6.26 Å². The summed E-state index contributed by atoms with van der Waals surface area (Å²) in [5, 5.41) is 2.96. The number of hydrogen-bond acceptors (Lipinski definition) is 6. The highest BCUT2D eigenvalue weighted by Gasteiger charge is 2.59. The van der Waals surface area contributed by atoms with Crippen LogP contribution in [-0.2, 0) is 19.1 Å². The smallest absolute Gasteiger partial charge is 0.233 e. The third-order valence-electron chi connectivity index (χ3n) is 6.97. The molecule has 3 heterocycles. The maximum absolute atomic E-state index is 12.7. The fourth-order valence-electron chi connectivity index (χ4n) is 5.48. The molecule has 0 radical (unpaired) electrons. The SMILES string of the molecule is O=C(CCN1C(=O)[C@@H]2[C@@H](C1=O)[C@H]1C=C[C@H]2C1)NC[C@@H](c1ccco1)N1CCOCC1. The molecule has 0 spiro atoms. The van der Waals surface area contributed by atoms with Crippen molar-refractivity contribution in [2.45, 2.75) is 18.9 Å². The molecule has 2 aliphatic carbocycles. The van der Waals surface area contributed by atoms with Crippen molar-refractivity contribution in [1.29, 1.82) is 0 Å². The summed E-state index contributed by atoms with van der Waals surface area (Å²) in [5.74, 6) is 0.403. The second-order valence-corrected chi connectivity index (χ2v) is 8.56. The van der Waals surface area contributed by atoms with Gasteiger partial charge < -0.3 is 14.5 Å².